The van der Waals surface area contributed by atoms with E-state index >= 15 is 0 Å². The van der Waals surface area contributed by atoms with Crippen molar-refractivity contribution in [1.29, 1.82) is 0 Å². The molecule has 1 aromatic rings. The second kappa shape index (κ2) is 9.52. The van der Waals surface area contributed by atoms with Crippen molar-refractivity contribution in [2.75, 3.05) is 26.3 Å². The van der Waals surface area contributed by atoms with E-state index in [-0.39, 0.29) is 44.8 Å². The Labute approximate surface area is 133 Å². The van der Waals surface area contributed by atoms with E-state index < -0.39 is 16.8 Å². The summed E-state index contributed by atoms with van der Waals surface area (Å²) in [6, 6.07) is 5.99. The van der Waals surface area contributed by atoms with Gasteiger partial charge in [0.05, 0.1) is 31.0 Å². The van der Waals surface area contributed by atoms with Crippen molar-refractivity contribution in [3.63, 3.8) is 0 Å². The SMILES string of the molecule is CCOC(=O)CCN(CCO)C(=O)Cc1ccccc1[N+](=O)[O-]. The molecule has 0 heterocycles. The summed E-state index contributed by atoms with van der Waals surface area (Å²) < 4.78 is 4.79. The summed E-state index contributed by atoms with van der Waals surface area (Å²) in [7, 11) is 0. The highest BCUT2D eigenvalue weighted by Crippen LogP contribution is 2.18. The molecule has 0 spiro atoms. The number of para-hydroxylation sites is 1. The van der Waals surface area contributed by atoms with Gasteiger partial charge in [0, 0.05) is 24.7 Å². The Morgan fingerprint density at radius 1 is 1.30 bits per heavy atom. The van der Waals surface area contributed by atoms with Crippen LogP contribution in [0.5, 0.6) is 0 Å². The highest BCUT2D eigenvalue weighted by Gasteiger charge is 2.20. The number of aliphatic hydroxyl groups is 1. The summed E-state index contributed by atoms with van der Waals surface area (Å²) in [5, 5.41) is 20.0. The van der Waals surface area contributed by atoms with Crippen molar-refractivity contribution >= 4 is 17.6 Å². The maximum atomic E-state index is 12.3. The number of benzene rings is 1. The predicted molar refractivity (Wildman–Crippen MR) is 81.7 cm³/mol. The zero-order valence-electron chi connectivity index (χ0n) is 12.9. The first-order valence-electron chi connectivity index (χ1n) is 7.26. The second-order valence-corrected chi connectivity index (χ2v) is 4.72. The molecule has 0 aliphatic heterocycles. The molecule has 126 valence electrons. The van der Waals surface area contributed by atoms with Crippen LogP contribution in [-0.4, -0.2) is 53.1 Å². The number of amides is 1. The van der Waals surface area contributed by atoms with Gasteiger partial charge in [0.15, 0.2) is 0 Å². The summed E-state index contributed by atoms with van der Waals surface area (Å²) in [6.45, 7) is 1.83. The van der Waals surface area contributed by atoms with E-state index in [1.807, 2.05) is 0 Å². The molecule has 0 bridgehead atoms. The number of nitro groups is 1. The Balaban J connectivity index is 2.74. The average molecular weight is 324 g/mol. The van der Waals surface area contributed by atoms with Gasteiger partial charge >= 0.3 is 5.97 Å². The lowest BCUT2D eigenvalue weighted by Gasteiger charge is -2.21. The quantitative estimate of drug-likeness (QED) is 0.411. The average Bonchev–Trinajstić information content (AvgIpc) is 2.51. The lowest BCUT2D eigenvalue weighted by Crippen LogP contribution is -2.36. The number of nitrogens with zero attached hydrogens (tertiary/aromatic N) is 2. The molecule has 0 unspecified atom stereocenters. The molecule has 1 amide bonds. The molecule has 1 aromatic carbocycles. The van der Waals surface area contributed by atoms with Gasteiger partial charge < -0.3 is 14.7 Å². The van der Waals surface area contributed by atoms with E-state index in [1.165, 1.54) is 23.1 Å². The molecule has 0 atom stereocenters. The maximum absolute atomic E-state index is 12.3. The van der Waals surface area contributed by atoms with E-state index in [0.29, 0.717) is 5.56 Å². The van der Waals surface area contributed by atoms with E-state index in [2.05, 4.69) is 0 Å². The van der Waals surface area contributed by atoms with E-state index in [4.69, 9.17) is 9.84 Å². The van der Waals surface area contributed by atoms with E-state index in [9.17, 15) is 19.7 Å². The van der Waals surface area contributed by atoms with Gasteiger partial charge in [0.1, 0.15) is 0 Å². The molecule has 0 saturated heterocycles. The molecule has 0 fully saturated rings. The molecule has 23 heavy (non-hydrogen) atoms. The maximum Gasteiger partial charge on any atom is 0.307 e. The largest absolute Gasteiger partial charge is 0.466 e. The van der Waals surface area contributed by atoms with Crippen LogP contribution in [0.2, 0.25) is 0 Å². The lowest BCUT2D eigenvalue weighted by molar-refractivity contribution is -0.385. The zero-order valence-corrected chi connectivity index (χ0v) is 12.9. The standard InChI is InChI=1S/C15H20N2O6/c1-2-23-15(20)7-8-16(9-10-18)14(19)11-12-5-3-4-6-13(12)17(21)22/h3-6,18H,2,7-11H2,1H3. The molecule has 8 nitrogen and oxygen atoms in total. The minimum absolute atomic E-state index is 0.0104. The Kier molecular flexibility index (Phi) is 7.69. The summed E-state index contributed by atoms with van der Waals surface area (Å²) in [4.78, 5) is 35.4. The molecule has 1 N–H and O–H groups in total. The van der Waals surface area contributed by atoms with Gasteiger partial charge in [-0.05, 0) is 6.92 Å². The van der Waals surface area contributed by atoms with Crippen LogP contribution < -0.4 is 0 Å². The second-order valence-electron chi connectivity index (χ2n) is 4.72. The summed E-state index contributed by atoms with van der Waals surface area (Å²) in [5.74, 6) is -0.827. The third-order valence-electron chi connectivity index (χ3n) is 3.14. The number of rotatable bonds is 9. The zero-order chi connectivity index (χ0) is 17.2. The smallest absolute Gasteiger partial charge is 0.307 e. The van der Waals surface area contributed by atoms with Crippen molar-refractivity contribution in [2.45, 2.75) is 19.8 Å². The van der Waals surface area contributed by atoms with Gasteiger partial charge in [-0.2, -0.15) is 0 Å². The molecule has 0 radical (unpaired) electrons. The van der Waals surface area contributed by atoms with Crippen molar-refractivity contribution in [1.82, 2.24) is 4.90 Å². The van der Waals surface area contributed by atoms with Crippen molar-refractivity contribution in [3.8, 4) is 0 Å². The van der Waals surface area contributed by atoms with Gasteiger partial charge in [-0.3, -0.25) is 19.7 Å². The fourth-order valence-electron chi connectivity index (χ4n) is 2.05. The molecule has 0 saturated carbocycles. The van der Waals surface area contributed by atoms with Crippen LogP contribution >= 0.6 is 0 Å². The van der Waals surface area contributed by atoms with Crippen LogP contribution in [0.1, 0.15) is 18.9 Å². The topological polar surface area (TPSA) is 110 Å². The predicted octanol–water partition coefficient (Wildman–Crippen LogP) is 0.911. The third kappa shape index (κ3) is 6.03. The van der Waals surface area contributed by atoms with Gasteiger partial charge in [-0.15, -0.1) is 0 Å². The summed E-state index contributed by atoms with van der Waals surface area (Å²) in [5.41, 5.74) is 0.164. The fraction of sp³-hybridized carbons (Fsp3) is 0.467. The monoisotopic (exact) mass is 324 g/mol. The van der Waals surface area contributed by atoms with Gasteiger partial charge in [0.25, 0.3) is 5.69 Å². The number of carbonyl (C=O) groups is 2. The third-order valence-corrected chi connectivity index (χ3v) is 3.14. The number of esters is 1. The molecule has 0 aliphatic carbocycles. The molecule has 0 aromatic heterocycles. The molecular formula is C15H20N2O6. The number of ether oxygens (including phenoxy) is 1. The van der Waals surface area contributed by atoms with E-state index in [1.54, 1.807) is 13.0 Å². The highest BCUT2D eigenvalue weighted by molar-refractivity contribution is 5.80. The molecule has 8 heteroatoms. The number of hydrogen-bond donors (Lipinski definition) is 1. The Morgan fingerprint density at radius 3 is 2.61 bits per heavy atom. The minimum atomic E-state index is -0.544. The number of carbonyl (C=O) groups excluding carboxylic acids is 2. The van der Waals surface area contributed by atoms with Crippen LogP contribution in [0.15, 0.2) is 24.3 Å². The Hall–Kier alpha value is -2.48. The van der Waals surface area contributed by atoms with Crippen LogP contribution in [0.3, 0.4) is 0 Å². The van der Waals surface area contributed by atoms with Gasteiger partial charge in [-0.1, -0.05) is 18.2 Å². The molecular weight excluding hydrogens is 304 g/mol. The van der Waals surface area contributed by atoms with Crippen molar-refractivity contribution in [2.24, 2.45) is 0 Å². The number of aliphatic hydroxyl groups excluding tert-OH is 1. The van der Waals surface area contributed by atoms with E-state index in [0.717, 1.165) is 0 Å². The fourth-order valence-corrected chi connectivity index (χ4v) is 2.05. The van der Waals surface area contributed by atoms with Crippen molar-refractivity contribution < 1.29 is 24.4 Å². The van der Waals surface area contributed by atoms with Gasteiger partial charge in [-0.25, -0.2) is 0 Å². The summed E-state index contributed by atoms with van der Waals surface area (Å²) in [6.07, 6.45) is -0.156. The van der Waals surface area contributed by atoms with Crippen LogP contribution in [0.25, 0.3) is 0 Å². The first-order valence-corrected chi connectivity index (χ1v) is 7.26. The van der Waals surface area contributed by atoms with Crippen LogP contribution in [-0.2, 0) is 20.7 Å². The Morgan fingerprint density at radius 2 is 2.00 bits per heavy atom. The number of nitro benzene ring substituents is 1. The van der Waals surface area contributed by atoms with Crippen molar-refractivity contribution in [3.05, 3.63) is 39.9 Å². The minimum Gasteiger partial charge on any atom is -0.466 e. The Bertz CT molecular complexity index is 561. The van der Waals surface area contributed by atoms with Crippen LogP contribution in [0.4, 0.5) is 5.69 Å². The van der Waals surface area contributed by atoms with Crippen LogP contribution in [0, 0.1) is 10.1 Å². The first-order chi connectivity index (χ1) is 11.0. The summed E-state index contributed by atoms with van der Waals surface area (Å²) >= 11 is 0. The normalized spacial score (nSPS) is 10.2. The van der Waals surface area contributed by atoms with Gasteiger partial charge in [0.2, 0.25) is 5.91 Å². The molecule has 1 rings (SSSR count). The number of hydrogen-bond acceptors (Lipinski definition) is 6. The first kappa shape index (κ1) is 18.6. The highest BCUT2D eigenvalue weighted by atomic mass is 16.6. The molecule has 0 aliphatic rings. The lowest BCUT2D eigenvalue weighted by atomic mass is 10.1.